The zero-order valence-electron chi connectivity index (χ0n) is 19.7. The molecule has 1 saturated carbocycles. The highest BCUT2D eigenvalue weighted by Gasteiger charge is 2.39. The molecule has 4 rings (SSSR count). The number of nitrogens with zero attached hydrogens (tertiary/aromatic N) is 3. The quantitative estimate of drug-likeness (QED) is 0.676. The lowest BCUT2D eigenvalue weighted by atomic mass is 9.83. The number of hydrogen-bond donors (Lipinski definition) is 2. The van der Waals surface area contributed by atoms with Crippen LogP contribution in [0, 0.1) is 5.92 Å². The Balaban J connectivity index is 1.57. The normalized spacial score (nSPS) is 20.9. The van der Waals surface area contributed by atoms with Crippen molar-refractivity contribution in [1.29, 1.82) is 0 Å². The molecule has 1 aliphatic heterocycles. The molecular formula is C26H35N5O2. The smallest absolute Gasteiger partial charge is 0.245 e. The monoisotopic (exact) mass is 449 g/mol. The van der Waals surface area contributed by atoms with Crippen molar-refractivity contribution in [3.8, 4) is 11.1 Å². The van der Waals surface area contributed by atoms with E-state index in [2.05, 4.69) is 26.7 Å². The van der Waals surface area contributed by atoms with Gasteiger partial charge in [-0.1, -0.05) is 25.3 Å². The van der Waals surface area contributed by atoms with Gasteiger partial charge < -0.3 is 15.5 Å². The summed E-state index contributed by atoms with van der Waals surface area (Å²) in [7, 11) is 1.76. The first-order chi connectivity index (χ1) is 16.1. The molecule has 2 N–H and O–H groups in total. The van der Waals surface area contributed by atoms with Gasteiger partial charge >= 0.3 is 0 Å². The molecule has 0 spiro atoms. The van der Waals surface area contributed by atoms with Crippen LogP contribution in [-0.2, 0) is 9.59 Å². The topological polar surface area (TPSA) is 87.2 Å². The van der Waals surface area contributed by atoms with E-state index in [9.17, 15) is 9.59 Å². The fourth-order valence-electron chi connectivity index (χ4n) is 5.15. The van der Waals surface area contributed by atoms with Crippen molar-refractivity contribution in [2.75, 3.05) is 13.6 Å². The predicted molar refractivity (Wildman–Crippen MR) is 128 cm³/mol. The van der Waals surface area contributed by atoms with Crippen LogP contribution in [0.3, 0.4) is 0 Å². The van der Waals surface area contributed by atoms with Gasteiger partial charge in [-0.2, -0.15) is 0 Å². The molecule has 1 aliphatic carbocycles. The van der Waals surface area contributed by atoms with Gasteiger partial charge in [-0.25, -0.2) is 0 Å². The highest BCUT2D eigenvalue weighted by molar-refractivity contribution is 5.90. The average Bonchev–Trinajstić information content (AvgIpc) is 3.37. The molecule has 7 nitrogen and oxygen atoms in total. The molecule has 2 aromatic heterocycles. The van der Waals surface area contributed by atoms with Crippen molar-refractivity contribution < 1.29 is 9.59 Å². The van der Waals surface area contributed by atoms with Crippen molar-refractivity contribution >= 4 is 11.8 Å². The van der Waals surface area contributed by atoms with Crippen LogP contribution in [0.25, 0.3) is 11.1 Å². The van der Waals surface area contributed by atoms with E-state index < -0.39 is 6.04 Å². The zero-order chi connectivity index (χ0) is 23.2. The lowest BCUT2D eigenvalue weighted by Gasteiger charge is -2.35. The van der Waals surface area contributed by atoms with Gasteiger partial charge in [-0.05, 0) is 63.3 Å². The second kappa shape index (κ2) is 10.9. The molecule has 7 heteroatoms. The maximum absolute atomic E-state index is 13.9. The number of hydrogen-bond acceptors (Lipinski definition) is 5. The van der Waals surface area contributed by atoms with Crippen LogP contribution < -0.4 is 10.6 Å². The highest BCUT2D eigenvalue weighted by atomic mass is 16.2. The van der Waals surface area contributed by atoms with Gasteiger partial charge in [0.25, 0.3) is 0 Å². The first-order valence-corrected chi connectivity index (χ1v) is 12.2. The average molecular weight is 450 g/mol. The van der Waals surface area contributed by atoms with Gasteiger partial charge in [0.2, 0.25) is 11.8 Å². The maximum atomic E-state index is 13.9. The van der Waals surface area contributed by atoms with E-state index in [4.69, 9.17) is 0 Å². The van der Waals surface area contributed by atoms with Crippen LogP contribution in [0.1, 0.15) is 63.5 Å². The molecule has 0 radical (unpaired) electrons. The molecular weight excluding hydrogens is 414 g/mol. The van der Waals surface area contributed by atoms with Crippen molar-refractivity contribution in [2.45, 2.75) is 70.0 Å². The summed E-state index contributed by atoms with van der Waals surface area (Å²) < 4.78 is 0. The van der Waals surface area contributed by atoms with E-state index in [-0.39, 0.29) is 29.8 Å². The van der Waals surface area contributed by atoms with Crippen LogP contribution in [0.5, 0.6) is 0 Å². The Kier molecular flexibility index (Phi) is 7.70. The first-order valence-electron chi connectivity index (χ1n) is 12.2. The van der Waals surface area contributed by atoms with Crippen LogP contribution in [0.4, 0.5) is 0 Å². The number of likely N-dealkylation sites (tertiary alicyclic amines) is 1. The minimum Gasteiger partial charge on any atom is -0.343 e. The SMILES string of the molecule is CN[C@@H](C)C(=O)N[C@H](C(=O)N1CCC[C@H]1c1cncc(-c2cccnc2)c1)C1CCCCC1. The Bertz CT molecular complexity index is 945. The Morgan fingerprint density at radius 2 is 1.82 bits per heavy atom. The van der Waals surface area contributed by atoms with Gasteiger partial charge in [0.15, 0.2) is 0 Å². The number of nitrogens with one attached hydrogen (secondary N) is 2. The van der Waals surface area contributed by atoms with E-state index in [1.54, 1.807) is 13.2 Å². The van der Waals surface area contributed by atoms with Crippen molar-refractivity contribution in [3.63, 3.8) is 0 Å². The van der Waals surface area contributed by atoms with E-state index in [0.29, 0.717) is 6.54 Å². The lowest BCUT2D eigenvalue weighted by Crippen LogP contribution is -2.55. The summed E-state index contributed by atoms with van der Waals surface area (Å²) in [6.45, 7) is 2.54. The van der Waals surface area contributed by atoms with E-state index in [0.717, 1.165) is 55.2 Å². The molecule has 3 heterocycles. The zero-order valence-corrected chi connectivity index (χ0v) is 19.7. The van der Waals surface area contributed by atoms with Gasteiger partial charge in [-0.15, -0.1) is 0 Å². The standard InChI is InChI=1S/C26H35N5O2/c1-18(27-2)25(32)30-24(19-8-4-3-5-9-19)26(33)31-13-7-11-23(31)22-14-21(16-29-17-22)20-10-6-12-28-15-20/h6,10,12,14-19,23-24,27H,3-5,7-9,11,13H2,1-2H3,(H,30,32)/t18-,23-,24-/m0/s1. The second-order valence-electron chi connectivity index (χ2n) is 9.33. The molecule has 3 atom stereocenters. The molecule has 0 bridgehead atoms. The summed E-state index contributed by atoms with van der Waals surface area (Å²) >= 11 is 0. The van der Waals surface area contributed by atoms with Crippen molar-refractivity contribution in [2.24, 2.45) is 5.92 Å². The Labute approximate surface area is 196 Å². The number of carbonyl (C=O) groups excluding carboxylic acids is 2. The number of pyridine rings is 2. The number of rotatable bonds is 7. The number of aromatic nitrogens is 2. The first kappa shape index (κ1) is 23.4. The molecule has 2 amide bonds. The molecule has 1 saturated heterocycles. The van der Waals surface area contributed by atoms with E-state index >= 15 is 0 Å². The van der Waals surface area contributed by atoms with Crippen LogP contribution >= 0.6 is 0 Å². The Morgan fingerprint density at radius 3 is 2.55 bits per heavy atom. The third kappa shape index (κ3) is 5.41. The van der Waals surface area contributed by atoms with Crippen LogP contribution in [0.15, 0.2) is 43.0 Å². The maximum Gasteiger partial charge on any atom is 0.245 e. The third-order valence-electron chi connectivity index (χ3n) is 7.19. The fourth-order valence-corrected chi connectivity index (χ4v) is 5.15. The minimum absolute atomic E-state index is 0.0219. The van der Waals surface area contributed by atoms with Gasteiger partial charge in [0.1, 0.15) is 6.04 Å². The number of carbonyl (C=O) groups is 2. The summed E-state index contributed by atoms with van der Waals surface area (Å²) in [5.41, 5.74) is 3.05. The molecule has 0 unspecified atom stereocenters. The summed E-state index contributed by atoms with van der Waals surface area (Å²) in [5, 5.41) is 6.09. The molecule has 2 aromatic rings. The Hall–Kier alpha value is -2.80. The lowest BCUT2D eigenvalue weighted by molar-refractivity contribution is -0.139. The van der Waals surface area contributed by atoms with E-state index in [1.807, 2.05) is 42.5 Å². The summed E-state index contributed by atoms with van der Waals surface area (Å²) in [6, 6.07) is 5.23. The Morgan fingerprint density at radius 1 is 1.03 bits per heavy atom. The molecule has 176 valence electrons. The summed E-state index contributed by atoms with van der Waals surface area (Å²) in [6.07, 6.45) is 14.6. The largest absolute Gasteiger partial charge is 0.343 e. The molecule has 0 aromatic carbocycles. The van der Waals surface area contributed by atoms with Gasteiger partial charge in [0.05, 0.1) is 12.1 Å². The predicted octanol–water partition coefficient (Wildman–Crippen LogP) is 3.48. The van der Waals surface area contributed by atoms with Crippen LogP contribution in [-0.4, -0.2) is 52.4 Å². The van der Waals surface area contributed by atoms with Crippen LogP contribution in [0.2, 0.25) is 0 Å². The molecule has 2 aliphatic rings. The minimum atomic E-state index is -0.469. The van der Waals surface area contributed by atoms with Crippen molar-refractivity contribution in [1.82, 2.24) is 25.5 Å². The second-order valence-corrected chi connectivity index (χ2v) is 9.33. The number of amides is 2. The number of likely N-dealkylation sites (N-methyl/N-ethyl adjacent to an activating group) is 1. The molecule has 2 fully saturated rings. The third-order valence-corrected chi connectivity index (χ3v) is 7.19. The van der Waals surface area contributed by atoms with Gasteiger partial charge in [0, 0.05) is 42.5 Å². The molecule has 33 heavy (non-hydrogen) atoms. The summed E-state index contributed by atoms with van der Waals surface area (Å²) in [4.78, 5) is 37.3. The van der Waals surface area contributed by atoms with Crippen molar-refractivity contribution in [3.05, 3.63) is 48.5 Å². The van der Waals surface area contributed by atoms with E-state index in [1.165, 1.54) is 6.42 Å². The van der Waals surface area contributed by atoms with Gasteiger partial charge in [-0.3, -0.25) is 19.6 Å². The summed E-state index contributed by atoms with van der Waals surface area (Å²) in [5.74, 6) is 0.130. The highest BCUT2D eigenvalue weighted by Crippen LogP contribution is 2.36. The fraction of sp³-hybridized carbons (Fsp3) is 0.538.